The summed E-state index contributed by atoms with van der Waals surface area (Å²) in [4.78, 5) is 38.5. The third kappa shape index (κ3) is 10.1. The number of amides is 2. The summed E-state index contributed by atoms with van der Waals surface area (Å²) in [7, 11) is 9.73. The molecule has 1 heterocycles. The number of aliphatic hydroxyl groups is 2. The quantitative estimate of drug-likeness (QED) is 0.197. The van der Waals surface area contributed by atoms with Crippen molar-refractivity contribution >= 4 is 11.8 Å². The van der Waals surface area contributed by atoms with E-state index in [-0.39, 0.29) is 54.8 Å². The lowest BCUT2D eigenvalue weighted by Crippen LogP contribution is -2.54. The second-order valence-corrected chi connectivity index (χ2v) is 17.0. The fourth-order valence-corrected chi connectivity index (χ4v) is 8.64. The highest BCUT2D eigenvalue weighted by atomic mass is 16.7. The first kappa shape index (κ1) is 42.0. The van der Waals surface area contributed by atoms with Crippen LogP contribution in [0.4, 0.5) is 0 Å². The molecule has 2 fully saturated rings. The Labute approximate surface area is 313 Å². The number of hydrogen-bond acceptors (Lipinski definition) is 9. The molecule has 10 atom stereocenters. The topological polar surface area (TPSA) is 127 Å². The number of likely N-dealkylation sites (N-methyl/N-ethyl adjacent to an activating group) is 1. The zero-order valence-electron chi connectivity index (χ0n) is 33.8. The van der Waals surface area contributed by atoms with Crippen molar-refractivity contribution in [3.05, 3.63) is 46.9 Å². The van der Waals surface area contributed by atoms with Crippen LogP contribution >= 0.6 is 0 Å². The molecule has 1 saturated carbocycles. The third-order valence-electron chi connectivity index (χ3n) is 12.0. The summed E-state index contributed by atoms with van der Waals surface area (Å²) < 4.78 is 6.18. The van der Waals surface area contributed by atoms with Gasteiger partial charge in [-0.2, -0.15) is 5.06 Å². The van der Waals surface area contributed by atoms with Crippen molar-refractivity contribution in [1.29, 1.82) is 0 Å². The largest absolute Gasteiger partial charge is 0.500 e. The van der Waals surface area contributed by atoms with Crippen molar-refractivity contribution in [1.82, 2.24) is 25.5 Å². The van der Waals surface area contributed by atoms with Gasteiger partial charge in [0, 0.05) is 61.4 Å². The predicted octanol–water partition coefficient (Wildman–Crippen LogP) is 4.11. The molecule has 0 aromatic rings. The molecule has 0 aromatic carbocycles. The van der Waals surface area contributed by atoms with Gasteiger partial charge in [0.25, 0.3) is 5.91 Å². The van der Waals surface area contributed by atoms with Gasteiger partial charge < -0.3 is 35.4 Å². The lowest BCUT2D eigenvalue weighted by Gasteiger charge is -2.38. The van der Waals surface area contributed by atoms with Crippen LogP contribution in [0, 0.1) is 41.4 Å². The summed E-state index contributed by atoms with van der Waals surface area (Å²) in [5, 5.41) is 29.6. The van der Waals surface area contributed by atoms with Crippen LogP contribution in [-0.2, 0) is 19.2 Å². The normalized spacial score (nSPS) is 31.1. The molecule has 0 bridgehead atoms. The fourth-order valence-electron chi connectivity index (χ4n) is 8.64. The van der Waals surface area contributed by atoms with Gasteiger partial charge in [0.05, 0.1) is 26.4 Å². The zero-order chi connectivity index (χ0) is 38.4. The molecule has 3 unspecified atom stereocenters. The van der Waals surface area contributed by atoms with Crippen LogP contribution < -0.4 is 10.6 Å². The van der Waals surface area contributed by atoms with E-state index in [1.165, 1.54) is 0 Å². The number of nitrogens with one attached hydrogen (secondary N) is 2. The van der Waals surface area contributed by atoms with Gasteiger partial charge in [-0.15, -0.1) is 0 Å². The van der Waals surface area contributed by atoms with E-state index in [1.807, 2.05) is 40.3 Å². The van der Waals surface area contributed by atoms with Gasteiger partial charge in [-0.25, -0.2) is 0 Å². The van der Waals surface area contributed by atoms with Gasteiger partial charge in [-0.1, -0.05) is 52.8 Å². The molecular weight excluding hydrogens is 658 g/mol. The van der Waals surface area contributed by atoms with E-state index in [1.54, 1.807) is 19.1 Å². The van der Waals surface area contributed by atoms with E-state index in [9.17, 15) is 19.8 Å². The summed E-state index contributed by atoms with van der Waals surface area (Å²) in [5.74, 6) is 1.57. The van der Waals surface area contributed by atoms with Crippen LogP contribution in [0.15, 0.2) is 46.9 Å². The van der Waals surface area contributed by atoms with Gasteiger partial charge in [-0.05, 0) is 88.8 Å². The number of carbonyl (C=O) groups excluding carboxylic acids is 2. The number of allylic oxidation sites excluding steroid dienone is 4. The first-order valence-corrected chi connectivity index (χ1v) is 19.6. The lowest BCUT2D eigenvalue weighted by molar-refractivity contribution is -0.172. The molecule has 4 rings (SSSR count). The standard InChI is InChI=1S/C41H69N5O6/c1-24(2)28-16-15-26(5)34(20-28)42-41(50)38-37(27(6)48)36(23-47)52-46(38)21-29-13-12-14-33(39(29)51-11)30-17-31(19-32(18-30)45(9)10)40(49)43-35(25(3)4)22-44(7)8/h12-13,17,19,24-28,30,33-38,47-48H,14-16,18,20-23H2,1-11H3,(H,42,50)(H,43,49)/t26-,27-,28+,30?,33?,34-,35?,36-,37+,38-/m0/s1. The maximum absolute atomic E-state index is 14.3. The molecule has 294 valence electrons. The Morgan fingerprint density at radius 2 is 1.83 bits per heavy atom. The van der Waals surface area contributed by atoms with Crippen LogP contribution in [-0.4, -0.2) is 122 Å². The molecular formula is C41H69N5O6. The Morgan fingerprint density at radius 1 is 1.12 bits per heavy atom. The Morgan fingerprint density at radius 3 is 2.40 bits per heavy atom. The molecule has 0 aromatic heterocycles. The summed E-state index contributed by atoms with van der Waals surface area (Å²) in [6.45, 7) is 13.3. The average Bonchev–Trinajstić information content (AvgIpc) is 3.46. The first-order chi connectivity index (χ1) is 24.6. The van der Waals surface area contributed by atoms with E-state index in [0.717, 1.165) is 55.7 Å². The molecule has 11 nitrogen and oxygen atoms in total. The molecule has 4 N–H and O–H groups in total. The number of rotatable bonds is 15. The summed E-state index contributed by atoms with van der Waals surface area (Å²) in [5.41, 5.74) is 2.59. The Hall–Kier alpha value is -2.70. The van der Waals surface area contributed by atoms with E-state index in [4.69, 9.17) is 9.57 Å². The maximum Gasteiger partial charge on any atom is 0.251 e. The fraction of sp³-hybridized carbons (Fsp3) is 0.756. The zero-order valence-corrected chi connectivity index (χ0v) is 33.8. The minimum atomic E-state index is -0.878. The summed E-state index contributed by atoms with van der Waals surface area (Å²) in [6, 6.07) is -0.754. The average molecular weight is 728 g/mol. The monoisotopic (exact) mass is 728 g/mol. The first-order valence-electron chi connectivity index (χ1n) is 19.6. The van der Waals surface area contributed by atoms with Crippen molar-refractivity contribution in [2.45, 2.75) is 104 Å². The van der Waals surface area contributed by atoms with Crippen molar-refractivity contribution in [2.75, 3.05) is 55.0 Å². The molecule has 52 heavy (non-hydrogen) atoms. The summed E-state index contributed by atoms with van der Waals surface area (Å²) in [6.07, 6.45) is 11.3. The SMILES string of the molecule is COC1=C(CN2O[C@@H](CO)[C@@H]([C@H](C)O)[C@H]2C(=O)N[C@H]2C[C@H](C(C)C)CC[C@@H]2C)C=CCC1C1C=C(C(=O)NC(CN(C)C)C(C)C)C=C(N(C)C)C1. The molecule has 0 spiro atoms. The second kappa shape index (κ2) is 18.6. The molecule has 11 heteroatoms. The van der Waals surface area contributed by atoms with Crippen LogP contribution in [0.2, 0.25) is 0 Å². The number of aliphatic hydroxyl groups excluding tert-OH is 2. The van der Waals surface area contributed by atoms with Gasteiger partial charge in [0.15, 0.2) is 0 Å². The Balaban J connectivity index is 1.62. The van der Waals surface area contributed by atoms with E-state index < -0.39 is 24.2 Å². The van der Waals surface area contributed by atoms with Crippen LogP contribution in [0.1, 0.15) is 73.6 Å². The molecule has 1 saturated heterocycles. The van der Waals surface area contributed by atoms with Crippen molar-refractivity contribution < 1.29 is 29.4 Å². The van der Waals surface area contributed by atoms with Gasteiger partial charge in [-0.3, -0.25) is 14.4 Å². The molecule has 2 amide bonds. The van der Waals surface area contributed by atoms with Crippen molar-refractivity contribution in [3.63, 3.8) is 0 Å². The van der Waals surface area contributed by atoms with Crippen LogP contribution in [0.3, 0.4) is 0 Å². The molecule has 0 radical (unpaired) electrons. The highest BCUT2D eigenvalue weighted by molar-refractivity contribution is 5.96. The third-order valence-corrected chi connectivity index (χ3v) is 12.0. The number of methoxy groups -OCH3 is 1. The van der Waals surface area contributed by atoms with Gasteiger partial charge in [0.2, 0.25) is 5.91 Å². The highest BCUT2D eigenvalue weighted by Gasteiger charge is 2.50. The molecule has 3 aliphatic carbocycles. The van der Waals surface area contributed by atoms with E-state index >= 15 is 0 Å². The maximum atomic E-state index is 14.3. The number of carbonyl (C=O) groups is 2. The minimum absolute atomic E-state index is 0.00964. The minimum Gasteiger partial charge on any atom is -0.500 e. The highest BCUT2D eigenvalue weighted by Crippen LogP contribution is 2.41. The molecule has 1 aliphatic heterocycles. The second-order valence-electron chi connectivity index (χ2n) is 17.0. The van der Waals surface area contributed by atoms with Crippen LogP contribution in [0.5, 0.6) is 0 Å². The predicted molar refractivity (Wildman–Crippen MR) is 205 cm³/mol. The number of hydroxylamine groups is 2. The van der Waals surface area contributed by atoms with Crippen molar-refractivity contribution in [3.8, 4) is 0 Å². The van der Waals surface area contributed by atoms with Gasteiger partial charge in [0.1, 0.15) is 17.9 Å². The molecule has 4 aliphatic rings. The number of ether oxygens (including phenoxy) is 1. The lowest BCUT2D eigenvalue weighted by atomic mass is 9.74. The van der Waals surface area contributed by atoms with E-state index in [0.29, 0.717) is 23.3 Å². The Bertz CT molecular complexity index is 1350. The number of nitrogens with zero attached hydrogens (tertiary/aromatic N) is 3. The number of hydrogen-bond donors (Lipinski definition) is 4. The summed E-state index contributed by atoms with van der Waals surface area (Å²) >= 11 is 0. The smallest absolute Gasteiger partial charge is 0.251 e. The van der Waals surface area contributed by atoms with Gasteiger partial charge >= 0.3 is 0 Å². The van der Waals surface area contributed by atoms with E-state index in [2.05, 4.69) is 67.2 Å². The van der Waals surface area contributed by atoms with Crippen LogP contribution in [0.25, 0.3) is 0 Å². The van der Waals surface area contributed by atoms with Crippen molar-refractivity contribution in [2.24, 2.45) is 41.4 Å². The Kier molecular flexibility index (Phi) is 15.0.